The van der Waals surface area contributed by atoms with Gasteiger partial charge in [0, 0.05) is 17.7 Å². The first-order chi connectivity index (χ1) is 11.1. The normalized spacial score (nSPS) is 12.3. The van der Waals surface area contributed by atoms with Gasteiger partial charge in [-0.2, -0.15) is 10.2 Å². The molecule has 3 N–H and O–H groups in total. The SMILES string of the molecule is C=N/N=C(\N)c1ccc2[nH]nc(C(=C)/C=C/C(=O)/C=C\C)c2c1. The third-order valence-corrected chi connectivity index (χ3v) is 3.12. The van der Waals surface area contributed by atoms with E-state index in [0.717, 1.165) is 10.9 Å². The number of amidine groups is 1. The van der Waals surface area contributed by atoms with Gasteiger partial charge in [0.15, 0.2) is 11.6 Å². The summed E-state index contributed by atoms with van der Waals surface area (Å²) in [6.07, 6.45) is 6.24. The number of fused-ring (bicyclic) bond motifs is 1. The molecule has 1 heterocycles. The van der Waals surface area contributed by atoms with Crippen LogP contribution in [0.3, 0.4) is 0 Å². The van der Waals surface area contributed by atoms with E-state index in [4.69, 9.17) is 5.73 Å². The highest BCUT2D eigenvalue weighted by Gasteiger charge is 2.09. The van der Waals surface area contributed by atoms with Crippen molar-refractivity contribution in [3.63, 3.8) is 0 Å². The minimum Gasteiger partial charge on any atom is -0.382 e. The molecule has 0 saturated carbocycles. The predicted octanol–water partition coefficient (Wildman–Crippen LogP) is 2.60. The molecule has 6 heteroatoms. The summed E-state index contributed by atoms with van der Waals surface area (Å²) in [5.41, 5.74) is 8.61. The summed E-state index contributed by atoms with van der Waals surface area (Å²) < 4.78 is 0. The largest absolute Gasteiger partial charge is 0.382 e. The quantitative estimate of drug-likeness (QED) is 0.282. The Morgan fingerprint density at radius 3 is 2.83 bits per heavy atom. The molecule has 0 amide bonds. The zero-order valence-corrected chi connectivity index (χ0v) is 12.8. The highest BCUT2D eigenvalue weighted by atomic mass is 16.1. The fourth-order valence-corrected chi connectivity index (χ4v) is 2.03. The zero-order valence-electron chi connectivity index (χ0n) is 12.8. The van der Waals surface area contributed by atoms with Crippen LogP contribution in [0.5, 0.6) is 0 Å². The molecule has 2 rings (SSSR count). The number of carbonyl (C=O) groups is 1. The molecule has 0 bridgehead atoms. The molecule has 0 radical (unpaired) electrons. The summed E-state index contributed by atoms with van der Waals surface area (Å²) >= 11 is 0. The van der Waals surface area contributed by atoms with Crippen LogP contribution in [0.25, 0.3) is 16.5 Å². The molecule has 0 fully saturated rings. The molecule has 0 saturated heterocycles. The first-order valence-corrected chi connectivity index (χ1v) is 6.88. The lowest BCUT2D eigenvalue weighted by Gasteiger charge is -2.01. The van der Waals surface area contributed by atoms with Crippen LogP contribution in [0.1, 0.15) is 18.2 Å². The molecular formula is C17H17N5O. The molecule has 0 aliphatic carbocycles. The number of aromatic amines is 1. The second-order valence-electron chi connectivity index (χ2n) is 4.72. The molecule has 1 aromatic carbocycles. The van der Waals surface area contributed by atoms with Crippen molar-refractivity contribution in [3.05, 3.63) is 60.3 Å². The monoisotopic (exact) mass is 307 g/mol. The van der Waals surface area contributed by atoms with E-state index in [9.17, 15) is 4.79 Å². The van der Waals surface area contributed by atoms with Gasteiger partial charge in [0.05, 0.1) is 11.2 Å². The van der Waals surface area contributed by atoms with Crippen molar-refractivity contribution < 1.29 is 4.79 Å². The van der Waals surface area contributed by atoms with E-state index < -0.39 is 0 Å². The van der Waals surface area contributed by atoms with Gasteiger partial charge in [-0.05, 0) is 48.9 Å². The summed E-state index contributed by atoms with van der Waals surface area (Å²) in [6.45, 7) is 9.02. The third kappa shape index (κ3) is 3.68. The number of rotatable bonds is 6. The van der Waals surface area contributed by atoms with Gasteiger partial charge in [-0.15, -0.1) is 5.10 Å². The van der Waals surface area contributed by atoms with Crippen molar-refractivity contribution in [2.45, 2.75) is 6.92 Å². The van der Waals surface area contributed by atoms with E-state index in [1.807, 2.05) is 18.2 Å². The van der Waals surface area contributed by atoms with Crippen LogP contribution >= 0.6 is 0 Å². The lowest BCUT2D eigenvalue weighted by Crippen LogP contribution is -2.12. The topological polar surface area (TPSA) is 96.5 Å². The number of H-pyrrole nitrogens is 1. The number of hydrogen-bond acceptors (Lipinski definition) is 4. The first kappa shape index (κ1) is 16.1. The number of benzene rings is 1. The average Bonchev–Trinajstić information content (AvgIpc) is 2.96. The Labute approximate surface area is 133 Å². The standard InChI is InChI=1S/C17H17N5O/c1-4-5-13(23)8-6-11(2)16-14-10-12(17(18)22-19-3)7-9-15(14)20-21-16/h4-10H,2-3H2,1H3,(H2,18,22)(H,20,21)/b5-4-,8-6+. The number of carbonyl (C=O) groups excluding carboxylic acids is 1. The van der Waals surface area contributed by atoms with Crippen LogP contribution in [-0.2, 0) is 4.79 Å². The van der Waals surface area contributed by atoms with Crippen LogP contribution in [0.2, 0.25) is 0 Å². The van der Waals surface area contributed by atoms with Gasteiger partial charge in [-0.25, -0.2) is 0 Å². The number of hydrogen-bond donors (Lipinski definition) is 2. The zero-order chi connectivity index (χ0) is 16.8. The van der Waals surface area contributed by atoms with Crippen molar-refractivity contribution in [2.24, 2.45) is 15.9 Å². The number of ketones is 1. The summed E-state index contributed by atoms with van der Waals surface area (Å²) in [7, 11) is 0. The van der Waals surface area contributed by atoms with E-state index >= 15 is 0 Å². The highest BCUT2D eigenvalue weighted by Crippen LogP contribution is 2.23. The number of aromatic nitrogens is 2. The Bertz CT molecular complexity index is 855. The average molecular weight is 307 g/mol. The van der Waals surface area contributed by atoms with Gasteiger partial charge in [0.2, 0.25) is 0 Å². The molecule has 6 nitrogen and oxygen atoms in total. The Hall–Kier alpha value is -3.28. The molecule has 1 aromatic heterocycles. The third-order valence-electron chi connectivity index (χ3n) is 3.12. The Morgan fingerprint density at radius 1 is 1.35 bits per heavy atom. The molecule has 0 spiro atoms. The Balaban J connectivity index is 2.39. The number of nitrogens with zero attached hydrogens (tertiary/aromatic N) is 3. The summed E-state index contributed by atoms with van der Waals surface area (Å²) in [4.78, 5) is 11.5. The maximum Gasteiger partial charge on any atom is 0.178 e. The van der Waals surface area contributed by atoms with E-state index in [2.05, 4.69) is 33.7 Å². The van der Waals surface area contributed by atoms with Crippen LogP contribution in [-0.4, -0.2) is 28.5 Å². The molecule has 0 atom stereocenters. The molecule has 23 heavy (non-hydrogen) atoms. The van der Waals surface area contributed by atoms with Crippen LogP contribution < -0.4 is 5.73 Å². The van der Waals surface area contributed by atoms with Crippen molar-refractivity contribution in [2.75, 3.05) is 0 Å². The fraction of sp³-hybridized carbons (Fsp3) is 0.0588. The smallest absolute Gasteiger partial charge is 0.178 e. The fourth-order valence-electron chi connectivity index (χ4n) is 2.03. The Morgan fingerprint density at radius 2 is 2.13 bits per heavy atom. The molecule has 0 aliphatic rings. The minimum atomic E-state index is -0.109. The van der Waals surface area contributed by atoms with Crippen LogP contribution in [0.4, 0.5) is 0 Å². The van der Waals surface area contributed by atoms with Gasteiger partial charge in [0.1, 0.15) is 0 Å². The Kier molecular flexibility index (Phi) is 4.99. The van der Waals surface area contributed by atoms with Gasteiger partial charge < -0.3 is 5.73 Å². The lowest BCUT2D eigenvalue weighted by molar-refractivity contribution is -0.110. The second kappa shape index (κ2) is 7.13. The van der Waals surface area contributed by atoms with Crippen LogP contribution in [0, 0.1) is 0 Å². The first-order valence-electron chi connectivity index (χ1n) is 6.88. The van der Waals surface area contributed by atoms with Crippen LogP contribution in [0.15, 0.2) is 59.3 Å². The lowest BCUT2D eigenvalue weighted by atomic mass is 10.1. The van der Waals surface area contributed by atoms with Crippen molar-refractivity contribution in [1.82, 2.24) is 10.2 Å². The molecular weight excluding hydrogens is 290 g/mol. The maximum atomic E-state index is 11.5. The van der Waals surface area contributed by atoms with Crippen molar-refractivity contribution in [3.8, 4) is 0 Å². The van der Waals surface area contributed by atoms with E-state index in [-0.39, 0.29) is 11.6 Å². The molecule has 0 aliphatic heterocycles. The van der Waals surface area contributed by atoms with E-state index in [1.165, 1.54) is 12.2 Å². The van der Waals surface area contributed by atoms with Crippen molar-refractivity contribution in [1.29, 1.82) is 0 Å². The van der Waals surface area contributed by atoms with Gasteiger partial charge in [-0.1, -0.05) is 12.7 Å². The van der Waals surface area contributed by atoms with E-state index in [0.29, 0.717) is 16.8 Å². The number of nitrogens with one attached hydrogen (secondary N) is 1. The number of nitrogens with two attached hydrogens (primary N) is 1. The summed E-state index contributed by atoms with van der Waals surface area (Å²) in [6, 6.07) is 5.49. The summed E-state index contributed by atoms with van der Waals surface area (Å²) in [5, 5.41) is 15.1. The van der Waals surface area contributed by atoms with Gasteiger partial charge >= 0.3 is 0 Å². The highest BCUT2D eigenvalue weighted by molar-refractivity contribution is 6.04. The minimum absolute atomic E-state index is 0.109. The predicted molar refractivity (Wildman–Crippen MR) is 94.4 cm³/mol. The number of allylic oxidation sites excluding steroid dienone is 5. The van der Waals surface area contributed by atoms with Gasteiger partial charge in [0.25, 0.3) is 0 Å². The second-order valence-corrected chi connectivity index (χ2v) is 4.72. The molecule has 116 valence electrons. The molecule has 0 unspecified atom stereocenters. The van der Waals surface area contributed by atoms with Gasteiger partial charge in [-0.3, -0.25) is 9.89 Å². The van der Waals surface area contributed by atoms with E-state index in [1.54, 1.807) is 19.1 Å². The summed E-state index contributed by atoms with van der Waals surface area (Å²) in [5.74, 6) is 0.154. The molecule has 2 aromatic rings. The van der Waals surface area contributed by atoms with Crippen molar-refractivity contribution >= 4 is 34.8 Å². The maximum absolute atomic E-state index is 11.5.